The summed E-state index contributed by atoms with van der Waals surface area (Å²) < 4.78 is 0. The van der Waals surface area contributed by atoms with Gasteiger partial charge >= 0.3 is 0 Å². The van der Waals surface area contributed by atoms with Gasteiger partial charge in [-0.25, -0.2) is 4.98 Å². The highest BCUT2D eigenvalue weighted by Gasteiger charge is 2.07. The largest absolute Gasteiger partial charge is 0.352 e. The van der Waals surface area contributed by atoms with Gasteiger partial charge in [-0.1, -0.05) is 36.2 Å². The molecular weight excluding hydrogens is 295 g/mol. The van der Waals surface area contributed by atoms with Gasteiger partial charge < -0.3 is 10.6 Å². The smallest absolute Gasteiger partial charge is 0.224 e. The van der Waals surface area contributed by atoms with E-state index >= 15 is 0 Å². The van der Waals surface area contributed by atoms with Crippen LogP contribution in [0.25, 0.3) is 0 Å². The molecule has 1 atom stereocenters. The van der Waals surface area contributed by atoms with E-state index in [9.17, 15) is 0 Å². The summed E-state index contributed by atoms with van der Waals surface area (Å²) in [5.41, 5.74) is 0.715. The third-order valence-electron chi connectivity index (χ3n) is 2.86. The fourth-order valence-electron chi connectivity index (χ4n) is 1.56. The molecule has 1 unspecified atom stereocenters. The molecule has 0 saturated heterocycles. The SMILES string of the molecule is CCC(C)Nc1nccc(Nc2cccc(Cl)c2Cl)n1. The molecule has 2 N–H and O–H groups in total. The number of nitrogens with zero attached hydrogens (tertiary/aromatic N) is 2. The highest BCUT2D eigenvalue weighted by Crippen LogP contribution is 2.31. The van der Waals surface area contributed by atoms with Crippen LogP contribution in [0.3, 0.4) is 0 Å². The summed E-state index contributed by atoms with van der Waals surface area (Å²) in [6, 6.07) is 7.51. The minimum atomic E-state index is 0.319. The number of hydrogen-bond acceptors (Lipinski definition) is 4. The highest BCUT2D eigenvalue weighted by atomic mass is 35.5. The minimum Gasteiger partial charge on any atom is -0.352 e. The van der Waals surface area contributed by atoms with Crippen LogP contribution in [0.2, 0.25) is 10.0 Å². The third kappa shape index (κ3) is 3.74. The zero-order valence-corrected chi connectivity index (χ0v) is 12.8. The van der Waals surface area contributed by atoms with E-state index in [0.717, 1.165) is 6.42 Å². The first-order chi connectivity index (χ1) is 9.60. The number of halogens is 2. The van der Waals surface area contributed by atoms with Gasteiger partial charge in [0.2, 0.25) is 5.95 Å². The average Bonchev–Trinajstić information content (AvgIpc) is 2.44. The van der Waals surface area contributed by atoms with E-state index in [4.69, 9.17) is 23.2 Å². The Labute approximate surface area is 128 Å². The molecular formula is C14H16Cl2N4. The van der Waals surface area contributed by atoms with Crippen LogP contribution in [0.5, 0.6) is 0 Å². The quantitative estimate of drug-likeness (QED) is 0.837. The van der Waals surface area contributed by atoms with Gasteiger partial charge in [-0.3, -0.25) is 0 Å². The van der Waals surface area contributed by atoms with Gasteiger partial charge in [0.1, 0.15) is 5.82 Å². The summed E-state index contributed by atoms with van der Waals surface area (Å²) in [7, 11) is 0. The summed E-state index contributed by atoms with van der Waals surface area (Å²) in [6.07, 6.45) is 2.69. The van der Waals surface area contributed by atoms with Gasteiger partial charge in [-0.15, -0.1) is 0 Å². The maximum atomic E-state index is 6.14. The van der Waals surface area contributed by atoms with Crippen molar-refractivity contribution in [1.29, 1.82) is 0 Å². The Kier molecular flexibility index (Phi) is 5.04. The molecule has 106 valence electrons. The second-order valence-corrected chi connectivity index (χ2v) is 5.23. The average molecular weight is 311 g/mol. The van der Waals surface area contributed by atoms with Crippen LogP contribution in [0.4, 0.5) is 17.5 Å². The molecule has 4 nitrogen and oxygen atoms in total. The first-order valence-corrected chi connectivity index (χ1v) is 7.16. The number of anilines is 3. The number of nitrogens with one attached hydrogen (secondary N) is 2. The predicted molar refractivity (Wildman–Crippen MR) is 85.2 cm³/mol. The highest BCUT2D eigenvalue weighted by molar-refractivity contribution is 6.43. The summed E-state index contributed by atoms with van der Waals surface area (Å²) in [4.78, 5) is 8.58. The molecule has 0 aliphatic carbocycles. The van der Waals surface area contributed by atoms with E-state index in [2.05, 4.69) is 34.4 Å². The second-order valence-electron chi connectivity index (χ2n) is 4.45. The lowest BCUT2D eigenvalue weighted by Gasteiger charge is -2.13. The Bertz CT molecular complexity index is 589. The van der Waals surface area contributed by atoms with Crippen molar-refractivity contribution in [3.05, 3.63) is 40.5 Å². The van der Waals surface area contributed by atoms with Crippen molar-refractivity contribution in [3.63, 3.8) is 0 Å². The lowest BCUT2D eigenvalue weighted by molar-refractivity contribution is 0.753. The first kappa shape index (κ1) is 14.9. The molecule has 0 spiro atoms. The van der Waals surface area contributed by atoms with Crippen molar-refractivity contribution in [2.45, 2.75) is 26.3 Å². The Morgan fingerprint density at radius 2 is 2.05 bits per heavy atom. The Hall–Kier alpha value is -1.52. The van der Waals surface area contributed by atoms with Gasteiger partial charge in [0, 0.05) is 12.2 Å². The van der Waals surface area contributed by atoms with E-state index in [1.165, 1.54) is 0 Å². The molecule has 0 bridgehead atoms. The van der Waals surface area contributed by atoms with E-state index in [1.807, 2.05) is 12.1 Å². The molecule has 20 heavy (non-hydrogen) atoms. The van der Waals surface area contributed by atoms with E-state index < -0.39 is 0 Å². The van der Waals surface area contributed by atoms with Crippen LogP contribution < -0.4 is 10.6 Å². The number of benzene rings is 1. The number of rotatable bonds is 5. The van der Waals surface area contributed by atoms with Gasteiger partial charge in [0.05, 0.1) is 15.7 Å². The predicted octanol–water partition coefficient (Wildman–Crippen LogP) is 4.74. The van der Waals surface area contributed by atoms with Crippen molar-refractivity contribution in [2.75, 3.05) is 10.6 Å². The summed E-state index contributed by atoms with van der Waals surface area (Å²) in [5, 5.41) is 7.34. The topological polar surface area (TPSA) is 49.8 Å². The number of aromatic nitrogens is 2. The second kappa shape index (κ2) is 6.77. The number of hydrogen-bond donors (Lipinski definition) is 2. The van der Waals surface area contributed by atoms with Gasteiger partial charge in [-0.2, -0.15) is 4.98 Å². The fourth-order valence-corrected chi connectivity index (χ4v) is 1.91. The van der Waals surface area contributed by atoms with E-state index in [0.29, 0.717) is 33.5 Å². The molecule has 1 heterocycles. The van der Waals surface area contributed by atoms with Gasteiger partial charge in [-0.05, 0) is 31.5 Å². The Balaban J connectivity index is 2.17. The standard InChI is InChI=1S/C14H16Cl2N4/c1-3-9(2)18-14-17-8-7-12(20-14)19-11-6-4-5-10(15)13(11)16/h4-9H,3H2,1-2H3,(H2,17,18,19,20). The van der Waals surface area contributed by atoms with Crippen molar-refractivity contribution < 1.29 is 0 Å². The van der Waals surface area contributed by atoms with Crippen LogP contribution >= 0.6 is 23.2 Å². The van der Waals surface area contributed by atoms with Gasteiger partial charge in [0.15, 0.2) is 0 Å². The molecule has 0 aliphatic heterocycles. The maximum Gasteiger partial charge on any atom is 0.224 e. The monoisotopic (exact) mass is 310 g/mol. The molecule has 2 rings (SSSR count). The normalized spacial score (nSPS) is 12.0. The van der Waals surface area contributed by atoms with Crippen molar-refractivity contribution in [2.24, 2.45) is 0 Å². The fraction of sp³-hybridized carbons (Fsp3) is 0.286. The minimum absolute atomic E-state index is 0.319. The zero-order chi connectivity index (χ0) is 14.5. The first-order valence-electron chi connectivity index (χ1n) is 6.40. The third-order valence-corrected chi connectivity index (χ3v) is 3.68. The van der Waals surface area contributed by atoms with Crippen LogP contribution in [-0.2, 0) is 0 Å². The van der Waals surface area contributed by atoms with E-state index in [1.54, 1.807) is 18.3 Å². The molecule has 1 aromatic carbocycles. The summed E-state index contributed by atoms with van der Waals surface area (Å²) in [6.45, 7) is 4.18. The van der Waals surface area contributed by atoms with Crippen LogP contribution in [0.15, 0.2) is 30.5 Å². The summed E-state index contributed by atoms with van der Waals surface area (Å²) in [5.74, 6) is 1.25. The molecule has 1 aromatic heterocycles. The van der Waals surface area contributed by atoms with Crippen molar-refractivity contribution >= 4 is 40.7 Å². The van der Waals surface area contributed by atoms with Gasteiger partial charge in [0.25, 0.3) is 0 Å². The maximum absolute atomic E-state index is 6.14. The van der Waals surface area contributed by atoms with Crippen LogP contribution in [-0.4, -0.2) is 16.0 Å². The zero-order valence-electron chi connectivity index (χ0n) is 11.3. The molecule has 0 radical (unpaired) electrons. The van der Waals surface area contributed by atoms with Crippen molar-refractivity contribution in [3.8, 4) is 0 Å². The Morgan fingerprint density at radius 3 is 2.80 bits per heavy atom. The molecule has 6 heteroatoms. The summed E-state index contributed by atoms with van der Waals surface area (Å²) >= 11 is 12.1. The molecule has 0 aliphatic rings. The molecule has 0 amide bonds. The van der Waals surface area contributed by atoms with E-state index in [-0.39, 0.29) is 0 Å². The molecule has 2 aromatic rings. The van der Waals surface area contributed by atoms with Crippen LogP contribution in [0, 0.1) is 0 Å². The lowest BCUT2D eigenvalue weighted by atomic mass is 10.3. The van der Waals surface area contributed by atoms with Crippen molar-refractivity contribution in [1.82, 2.24) is 9.97 Å². The van der Waals surface area contributed by atoms with Crippen LogP contribution in [0.1, 0.15) is 20.3 Å². The lowest BCUT2D eigenvalue weighted by Crippen LogP contribution is -2.15. The molecule has 0 saturated carbocycles. The Morgan fingerprint density at radius 1 is 1.25 bits per heavy atom. The molecule has 0 fully saturated rings.